The van der Waals surface area contributed by atoms with Crippen molar-refractivity contribution in [3.63, 3.8) is 0 Å². The number of methoxy groups -OCH3 is 1. The van der Waals surface area contributed by atoms with Crippen LogP contribution in [0, 0.1) is 5.82 Å². The molecule has 5 heteroatoms. The van der Waals surface area contributed by atoms with Crippen LogP contribution >= 0.6 is 0 Å². The number of hydrogen-bond donors (Lipinski definition) is 1. The lowest BCUT2D eigenvalue weighted by Gasteiger charge is -2.35. The molecule has 21 heavy (non-hydrogen) atoms. The van der Waals surface area contributed by atoms with Gasteiger partial charge in [0.15, 0.2) is 0 Å². The van der Waals surface area contributed by atoms with Crippen molar-refractivity contribution in [2.45, 2.75) is 43.8 Å². The number of rotatable bonds is 3. The van der Waals surface area contributed by atoms with E-state index in [-0.39, 0.29) is 17.5 Å². The number of piperidine rings is 1. The van der Waals surface area contributed by atoms with Gasteiger partial charge in [-0.15, -0.1) is 0 Å². The second-order valence-electron chi connectivity index (χ2n) is 6.00. The molecule has 1 amide bonds. The molecule has 3 rings (SSSR count). The molecule has 0 saturated carbocycles. The number of hydrogen-bond acceptors (Lipinski definition) is 3. The highest BCUT2D eigenvalue weighted by Gasteiger charge is 2.37. The zero-order valence-corrected chi connectivity index (χ0v) is 12.4. The summed E-state index contributed by atoms with van der Waals surface area (Å²) in [6, 6.07) is 5.63. The van der Waals surface area contributed by atoms with Crippen LogP contribution in [0.2, 0.25) is 0 Å². The maximum Gasteiger partial charge on any atom is 0.260 e. The Morgan fingerprint density at radius 1 is 1.33 bits per heavy atom. The minimum absolute atomic E-state index is 0.0355. The number of carbonyl (C=O) groups excluding carboxylic acids is 1. The van der Waals surface area contributed by atoms with Gasteiger partial charge >= 0.3 is 0 Å². The van der Waals surface area contributed by atoms with Crippen molar-refractivity contribution >= 4 is 5.91 Å². The smallest absolute Gasteiger partial charge is 0.260 e. The number of carbonyl (C=O) groups is 1. The van der Waals surface area contributed by atoms with E-state index >= 15 is 0 Å². The van der Waals surface area contributed by atoms with Crippen molar-refractivity contribution in [1.82, 2.24) is 10.2 Å². The van der Waals surface area contributed by atoms with Crippen molar-refractivity contribution in [3.8, 4) is 5.75 Å². The van der Waals surface area contributed by atoms with E-state index in [1.165, 1.54) is 26.0 Å². The van der Waals surface area contributed by atoms with Crippen LogP contribution in [0.15, 0.2) is 18.2 Å². The molecule has 2 heterocycles. The summed E-state index contributed by atoms with van der Waals surface area (Å²) in [6.07, 6.45) is 4.23. The van der Waals surface area contributed by atoms with Gasteiger partial charge in [0.2, 0.25) is 0 Å². The van der Waals surface area contributed by atoms with E-state index in [1.807, 2.05) is 0 Å². The van der Waals surface area contributed by atoms with E-state index < -0.39 is 5.82 Å². The Morgan fingerprint density at radius 2 is 2.00 bits per heavy atom. The van der Waals surface area contributed by atoms with Gasteiger partial charge in [0.25, 0.3) is 5.91 Å². The molecule has 2 aliphatic rings. The van der Waals surface area contributed by atoms with Crippen molar-refractivity contribution in [3.05, 3.63) is 29.6 Å². The predicted molar refractivity (Wildman–Crippen MR) is 78.0 cm³/mol. The minimum Gasteiger partial charge on any atom is -0.496 e. The van der Waals surface area contributed by atoms with Crippen LogP contribution in [-0.2, 0) is 0 Å². The molecular formula is C16H21FN2O2. The van der Waals surface area contributed by atoms with Gasteiger partial charge in [-0.25, -0.2) is 4.39 Å². The Labute approximate surface area is 124 Å². The fourth-order valence-corrected chi connectivity index (χ4v) is 3.57. The maximum absolute atomic E-state index is 14.0. The predicted octanol–water partition coefficient (Wildman–Crippen LogP) is 2.19. The average molecular weight is 292 g/mol. The zero-order valence-electron chi connectivity index (χ0n) is 12.4. The number of benzene rings is 1. The van der Waals surface area contributed by atoms with Gasteiger partial charge in [-0.3, -0.25) is 4.79 Å². The van der Waals surface area contributed by atoms with Gasteiger partial charge in [-0.2, -0.15) is 0 Å². The van der Waals surface area contributed by atoms with E-state index in [9.17, 15) is 9.18 Å². The molecule has 2 aliphatic heterocycles. The Bertz CT molecular complexity index is 537. The summed E-state index contributed by atoms with van der Waals surface area (Å²) in [4.78, 5) is 14.4. The monoisotopic (exact) mass is 292 g/mol. The van der Waals surface area contributed by atoms with Crippen molar-refractivity contribution < 1.29 is 13.9 Å². The van der Waals surface area contributed by atoms with Crippen LogP contribution in [-0.4, -0.2) is 43.1 Å². The summed E-state index contributed by atoms with van der Waals surface area (Å²) >= 11 is 0. The Balaban J connectivity index is 1.82. The number of ether oxygens (including phenoxy) is 1. The highest BCUT2D eigenvalue weighted by molar-refractivity contribution is 5.97. The third-order valence-corrected chi connectivity index (χ3v) is 4.73. The average Bonchev–Trinajstić information content (AvgIpc) is 2.83. The second-order valence-corrected chi connectivity index (χ2v) is 6.00. The van der Waals surface area contributed by atoms with E-state index in [2.05, 4.69) is 5.32 Å². The van der Waals surface area contributed by atoms with Crippen molar-refractivity contribution in [2.75, 3.05) is 14.2 Å². The second kappa shape index (κ2) is 5.64. The number of amides is 1. The first-order valence-electron chi connectivity index (χ1n) is 7.46. The highest BCUT2D eigenvalue weighted by atomic mass is 19.1. The quantitative estimate of drug-likeness (QED) is 0.928. The van der Waals surface area contributed by atoms with Crippen molar-refractivity contribution in [2.24, 2.45) is 0 Å². The van der Waals surface area contributed by atoms with Crippen LogP contribution in [0.25, 0.3) is 0 Å². The molecule has 2 atom stereocenters. The molecule has 2 fully saturated rings. The summed E-state index contributed by atoms with van der Waals surface area (Å²) in [6.45, 7) is 0. The molecule has 0 spiro atoms. The molecule has 2 saturated heterocycles. The lowest BCUT2D eigenvalue weighted by molar-refractivity contribution is 0.0673. The lowest BCUT2D eigenvalue weighted by Crippen LogP contribution is -2.48. The van der Waals surface area contributed by atoms with E-state index in [0.717, 1.165) is 12.8 Å². The standard InChI is InChI=1S/C16H21FN2O2/c1-19(12-8-10-6-7-11(9-12)18-10)16(20)15-13(17)4-3-5-14(15)21-2/h3-5,10-12,18H,6-9H2,1-2H3. The minimum atomic E-state index is -0.525. The molecule has 0 aromatic heterocycles. The third kappa shape index (κ3) is 2.62. The van der Waals surface area contributed by atoms with Crippen molar-refractivity contribution in [1.29, 1.82) is 0 Å². The van der Waals surface area contributed by atoms with Crippen LogP contribution in [0.4, 0.5) is 4.39 Å². The first-order valence-corrected chi connectivity index (χ1v) is 7.46. The largest absolute Gasteiger partial charge is 0.496 e. The molecule has 1 N–H and O–H groups in total. The number of fused-ring (bicyclic) bond motifs is 2. The molecular weight excluding hydrogens is 271 g/mol. The van der Waals surface area contributed by atoms with Gasteiger partial charge in [-0.1, -0.05) is 6.07 Å². The fraction of sp³-hybridized carbons (Fsp3) is 0.562. The molecule has 4 nitrogen and oxygen atoms in total. The van der Waals surface area contributed by atoms with E-state index in [4.69, 9.17) is 4.74 Å². The summed E-state index contributed by atoms with van der Waals surface area (Å²) in [5.74, 6) is -0.525. The van der Waals surface area contributed by atoms with Crippen LogP contribution in [0.3, 0.4) is 0 Å². The molecule has 2 unspecified atom stereocenters. The Kier molecular flexibility index (Phi) is 3.85. The van der Waals surface area contributed by atoms with Gasteiger partial charge in [0, 0.05) is 25.2 Å². The summed E-state index contributed by atoms with van der Waals surface area (Å²) in [7, 11) is 3.22. The Morgan fingerprint density at radius 3 is 2.62 bits per heavy atom. The summed E-state index contributed by atoms with van der Waals surface area (Å²) in [5, 5.41) is 3.55. The molecule has 0 radical (unpaired) electrons. The van der Waals surface area contributed by atoms with E-state index in [1.54, 1.807) is 24.1 Å². The van der Waals surface area contributed by atoms with Crippen LogP contribution < -0.4 is 10.1 Å². The zero-order chi connectivity index (χ0) is 15.0. The van der Waals surface area contributed by atoms with Crippen LogP contribution in [0.5, 0.6) is 5.75 Å². The highest BCUT2D eigenvalue weighted by Crippen LogP contribution is 2.31. The van der Waals surface area contributed by atoms with Gasteiger partial charge < -0.3 is 15.0 Å². The first kappa shape index (κ1) is 14.3. The number of nitrogens with one attached hydrogen (secondary N) is 1. The number of nitrogens with zero attached hydrogens (tertiary/aromatic N) is 1. The molecule has 1 aromatic rings. The topological polar surface area (TPSA) is 41.6 Å². The lowest BCUT2D eigenvalue weighted by atomic mass is 9.97. The molecule has 114 valence electrons. The molecule has 0 aliphatic carbocycles. The summed E-state index contributed by atoms with van der Waals surface area (Å²) in [5.41, 5.74) is 0.0355. The maximum atomic E-state index is 14.0. The SMILES string of the molecule is COc1cccc(F)c1C(=O)N(C)C1CC2CCC(C1)N2. The molecule has 2 bridgehead atoms. The van der Waals surface area contributed by atoms with Crippen LogP contribution in [0.1, 0.15) is 36.0 Å². The third-order valence-electron chi connectivity index (χ3n) is 4.73. The van der Waals surface area contributed by atoms with Gasteiger partial charge in [-0.05, 0) is 37.8 Å². The first-order chi connectivity index (χ1) is 10.1. The summed E-state index contributed by atoms with van der Waals surface area (Å²) < 4.78 is 19.2. The fourth-order valence-electron chi connectivity index (χ4n) is 3.57. The van der Waals surface area contributed by atoms with E-state index in [0.29, 0.717) is 17.8 Å². The molecule has 1 aromatic carbocycles. The van der Waals surface area contributed by atoms with Gasteiger partial charge in [0.05, 0.1) is 7.11 Å². The normalized spacial score (nSPS) is 27.5. The van der Waals surface area contributed by atoms with Gasteiger partial charge in [0.1, 0.15) is 17.1 Å². The Hall–Kier alpha value is -1.62. The number of halogens is 1.